The van der Waals surface area contributed by atoms with Crippen molar-refractivity contribution in [2.24, 2.45) is 15.4 Å². The van der Waals surface area contributed by atoms with Crippen LogP contribution in [0.2, 0.25) is 5.15 Å². The third-order valence-corrected chi connectivity index (χ3v) is 5.52. The third-order valence-electron chi connectivity index (χ3n) is 5.21. The van der Waals surface area contributed by atoms with Crippen LogP contribution in [0.15, 0.2) is 64.0 Å². The summed E-state index contributed by atoms with van der Waals surface area (Å²) in [6.45, 7) is 4.57. The maximum absolute atomic E-state index is 9.78. The van der Waals surface area contributed by atoms with Gasteiger partial charge in [-0.2, -0.15) is 5.11 Å². The van der Waals surface area contributed by atoms with Crippen LogP contribution in [-0.2, 0) is 19.6 Å². The lowest BCUT2D eigenvalue weighted by molar-refractivity contribution is 0.271. The number of imidazole rings is 1. The second kappa shape index (κ2) is 11.0. The highest BCUT2D eigenvalue weighted by molar-refractivity contribution is 6.30. The highest BCUT2D eigenvalue weighted by atomic mass is 35.5. The second-order valence-corrected chi connectivity index (χ2v) is 7.69. The van der Waals surface area contributed by atoms with E-state index >= 15 is 0 Å². The first-order chi connectivity index (χ1) is 15.1. The minimum absolute atomic E-state index is 0.128. The highest BCUT2D eigenvalue weighted by Gasteiger charge is 2.15. The number of halogens is 1. The monoisotopic (exact) mass is 437 g/mol. The lowest BCUT2D eigenvalue weighted by Crippen LogP contribution is -2.09. The first-order valence-corrected chi connectivity index (χ1v) is 10.8. The highest BCUT2D eigenvalue weighted by Crippen LogP contribution is 2.26. The summed E-state index contributed by atoms with van der Waals surface area (Å²) < 4.78 is 2.04. The Bertz CT molecular complexity index is 1070. The van der Waals surface area contributed by atoms with Crippen LogP contribution in [0.1, 0.15) is 49.3 Å². The molecule has 0 spiro atoms. The summed E-state index contributed by atoms with van der Waals surface area (Å²) in [5, 5.41) is 21.8. The van der Waals surface area contributed by atoms with Crippen LogP contribution in [0.25, 0.3) is 11.1 Å². The summed E-state index contributed by atoms with van der Waals surface area (Å²) in [5.74, 6) is 0.919. The fraction of sp³-hybridized carbons (Fsp3) is 0.333. The molecule has 1 aromatic heterocycles. The van der Waals surface area contributed by atoms with E-state index in [1.807, 2.05) is 29.7 Å². The predicted octanol–water partition coefficient (Wildman–Crippen LogP) is 5.89. The number of benzene rings is 2. The minimum atomic E-state index is -0.128. The van der Waals surface area contributed by atoms with Gasteiger partial charge in [-0.15, -0.1) is 5.10 Å². The van der Waals surface area contributed by atoms with Crippen LogP contribution >= 0.6 is 11.6 Å². The summed E-state index contributed by atoms with van der Waals surface area (Å²) in [7, 11) is 1.60. The molecule has 1 N–H and O–H groups in total. The number of aliphatic hydroxyl groups excluding tert-OH is 1. The molecule has 0 aliphatic rings. The number of nitrogens with zero attached hydrogens (tertiary/aromatic N) is 5. The fourth-order valence-electron chi connectivity index (χ4n) is 3.56. The first-order valence-electron chi connectivity index (χ1n) is 10.5. The van der Waals surface area contributed by atoms with E-state index in [2.05, 4.69) is 57.7 Å². The van der Waals surface area contributed by atoms with E-state index in [0.717, 1.165) is 53.1 Å². The van der Waals surface area contributed by atoms with Gasteiger partial charge in [0.1, 0.15) is 5.82 Å². The quantitative estimate of drug-likeness (QED) is 0.257. The lowest BCUT2D eigenvalue weighted by Gasteiger charge is -2.13. The van der Waals surface area contributed by atoms with Gasteiger partial charge in [0.15, 0.2) is 5.15 Å². The van der Waals surface area contributed by atoms with Gasteiger partial charge in [0.05, 0.1) is 25.1 Å². The summed E-state index contributed by atoms with van der Waals surface area (Å²) in [6.07, 6.45) is 2.96. The Kier molecular flexibility index (Phi) is 8.09. The van der Waals surface area contributed by atoms with E-state index in [1.165, 1.54) is 0 Å². The third kappa shape index (κ3) is 5.46. The van der Waals surface area contributed by atoms with Gasteiger partial charge in [-0.25, -0.2) is 4.98 Å². The molecular weight excluding hydrogens is 410 g/mol. The SMILES string of the molecule is CCCCc1nc(Cl)c(CO)n1Cc1ccc(-c2ccccc2/C(C)=N/N=N\C)cc1. The molecule has 0 unspecified atom stereocenters. The van der Waals surface area contributed by atoms with Gasteiger partial charge in [0, 0.05) is 18.5 Å². The van der Waals surface area contributed by atoms with Crippen LogP contribution in [0.3, 0.4) is 0 Å². The molecule has 2 aromatic carbocycles. The first kappa shape index (κ1) is 22.8. The number of aromatic nitrogens is 2. The van der Waals surface area contributed by atoms with Gasteiger partial charge in [-0.05, 0) is 35.3 Å². The van der Waals surface area contributed by atoms with E-state index in [1.54, 1.807) is 7.05 Å². The molecule has 7 heteroatoms. The van der Waals surface area contributed by atoms with Crippen molar-refractivity contribution in [1.82, 2.24) is 9.55 Å². The molecule has 0 radical (unpaired) electrons. The van der Waals surface area contributed by atoms with Crippen molar-refractivity contribution in [1.29, 1.82) is 0 Å². The van der Waals surface area contributed by atoms with E-state index < -0.39 is 0 Å². The van der Waals surface area contributed by atoms with Crippen molar-refractivity contribution in [3.63, 3.8) is 0 Å². The number of hydrogen-bond donors (Lipinski definition) is 1. The van der Waals surface area contributed by atoms with Gasteiger partial charge in [0.2, 0.25) is 0 Å². The molecule has 0 fully saturated rings. The maximum Gasteiger partial charge on any atom is 0.152 e. The second-order valence-electron chi connectivity index (χ2n) is 7.33. The molecule has 0 amide bonds. The standard InChI is InChI=1S/C24H28ClN5O/c1-4-5-10-23-27-24(25)22(16-31)30(23)15-18-11-13-19(14-12-18)21-9-7-6-8-20(21)17(2)28-29-26-3/h6-9,11-14,31H,4-5,10,15-16H2,1-3H3/b28-17+,29-26-. The van der Waals surface area contributed by atoms with Crippen molar-refractivity contribution in [2.75, 3.05) is 7.05 Å². The predicted molar refractivity (Wildman–Crippen MR) is 126 cm³/mol. The zero-order valence-corrected chi connectivity index (χ0v) is 19.0. The van der Waals surface area contributed by atoms with Crippen molar-refractivity contribution in [2.45, 2.75) is 46.3 Å². The van der Waals surface area contributed by atoms with Crippen LogP contribution in [0.5, 0.6) is 0 Å². The van der Waals surface area contributed by atoms with Gasteiger partial charge >= 0.3 is 0 Å². The minimum Gasteiger partial charge on any atom is -0.390 e. The number of hydrogen-bond acceptors (Lipinski definition) is 4. The average molecular weight is 438 g/mol. The Morgan fingerprint density at radius 3 is 2.55 bits per heavy atom. The molecule has 0 saturated heterocycles. The molecular formula is C24H28ClN5O. The molecule has 0 bridgehead atoms. The largest absolute Gasteiger partial charge is 0.390 e. The lowest BCUT2D eigenvalue weighted by atomic mass is 9.96. The maximum atomic E-state index is 9.78. The molecule has 0 saturated carbocycles. The molecule has 1 heterocycles. The van der Waals surface area contributed by atoms with Crippen molar-refractivity contribution >= 4 is 17.3 Å². The molecule has 0 aliphatic heterocycles. The molecule has 0 aliphatic carbocycles. The molecule has 6 nitrogen and oxygen atoms in total. The smallest absolute Gasteiger partial charge is 0.152 e. The van der Waals surface area contributed by atoms with Crippen LogP contribution in [0.4, 0.5) is 0 Å². The zero-order valence-electron chi connectivity index (χ0n) is 18.2. The summed E-state index contributed by atoms with van der Waals surface area (Å²) in [6, 6.07) is 16.5. The average Bonchev–Trinajstić information content (AvgIpc) is 3.10. The summed E-state index contributed by atoms with van der Waals surface area (Å²) in [5.41, 5.74) is 5.80. The van der Waals surface area contributed by atoms with Crippen molar-refractivity contribution in [3.8, 4) is 11.1 Å². The molecule has 31 heavy (non-hydrogen) atoms. The molecule has 3 rings (SSSR count). The Morgan fingerprint density at radius 2 is 1.87 bits per heavy atom. The number of aliphatic hydroxyl groups is 1. The topological polar surface area (TPSA) is 75.1 Å². The van der Waals surface area contributed by atoms with Crippen molar-refractivity contribution < 1.29 is 5.11 Å². The molecule has 162 valence electrons. The Hall–Kier alpha value is -2.83. The normalized spacial score (nSPS) is 12.1. The van der Waals surface area contributed by atoms with Gasteiger partial charge in [-0.3, -0.25) is 0 Å². The van der Waals surface area contributed by atoms with E-state index in [0.29, 0.717) is 17.4 Å². The number of unbranched alkanes of at least 4 members (excludes halogenated alkanes) is 1. The number of aryl methyl sites for hydroxylation is 1. The molecule has 3 aromatic rings. The fourth-order valence-corrected chi connectivity index (χ4v) is 3.82. The van der Waals surface area contributed by atoms with E-state index in [4.69, 9.17) is 11.6 Å². The molecule has 0 atom stereocenters. The van der Waals surface area contributed by atoms with Gasteiger partial charge in [-0.1, -0.05) is 73.5 Å². The van der Waals surface area contributed by atoms with Crippen LogP contribution < -0.4 is 0 Å². The van der Waals surface area contributed by atoms with Crippen LogP contribution in [-0.4, -0.2) is 27.4 Å². The summed E-state index contributed by atoms with van der Waals surface area (Å²) >= 11 is 6.27. The van der Waals surface area contributed by atoms with E-state index in [-0.39, 0.29) is 6.61 Å². The number of rotatable bonds is 9. The van der Waals surface area contributed by atoms with Crippen LogP contribution in [0, 0.1) is 0 Å². The van der Waals surface area contributed by atoms with Gasteiger partial charge < -0.3 is 9.67 Å². The summed E-state index contributed by atoms with van der Waals surface area (Å²) in [4.78, 5) is 4.47. The van der Waals surface area contributed by atoms with E-state index in [9.17, 15) is 5.11 Å². The Morgan fingerprint density at radius 1 is 1.13 bits per heavy atom. The Balaban J connectivity index is 1.89. The Labute approximate surface area is 188 Å². The van der Waals surface area contributed by atoms with Crippen molar-refractivity contribution in [3.05, 3.63) is 76.3 Å². The van der Waals surface area contributed by atoms with Gasteiger partial charge in [0.25, 0.3) is 0 Å². The zero-order chi connectivity index (χ0) is 22.2.